The molecule has 0 fully saturated rings. The van der Waals surface area contributed by atoms with E-state index in [-0.39, 0.29) is 12.3 Å². The fraction of sp³-hybridized carbons (Fsp3) is 0.400. The SMILES string of the molecule is CCOc1ccc2c(c1)c(C)c(C(=O)O)n2CCCO. The molecule has 0 amide bonds. The summed E-state index contributed by atoms with van der Waals surface area (Å²) in [5.41, 5.74) is 1.87. The number of ether oxygens (including phenoxy) is 1. The number of aliphatic hydroxyl groups excluding tert-OH is 1. The van der Waals surface area contributed by atoms with E-state index in [0.29, 0.717) is 19.6 Å². The number of fused-ring (bicyclic) bond motifs is 1. The second kappa shape index (κ2) is 5.96. The number of carbonyl (C=O) groups is 1. The average Bonchev–Trinajstić information content (AvgIpc) is 2.69. The minimum Gasteiger partial charge on any atom is -0.494 e. The van der Waals surface area contributed by atoms with Crippen molar-refractivity contribution in [3.05, 3.63) is 29.5 Å². The van der Waals surface area contributed by atoms with Gasteiger partial charge in [0.25, 0.3) is 0 Å². The van der Waals surface area contributed by atoms with E-state index in [0.717, 1.165) is 22.2 Å². The highest BCUT2D eigenvalue weighted by Gasteiger charge is 2.19. The number of hydrogen-bond donors (Lipinski definition) is 2. The fourth-order valence-corrected chi connectivity index (χ4v) is 2.49. The Morgan fingerprint density at radius 2 is 2.15 bits per heavy atom. The van der Waals surface area contributed by atoms with Crippen LogP contribution in [0.25, 0.3) is 10.9 Å². The third kappa shape index (κ3) is 2.49. The van der Waals surface area contributed by atoms with Gasteiger partial charge < -0.3 is 19.5 Å². The molecule has 0 aliphatic heterocycles. The van der Waals surface area contributed by atoms with Crippen LogP contribution in [-0.2, 0) is 6.54 Å². The predicted molar refractivity (Wildman–Crippen MR) is 76.5 cm³/mol. The first-order valence-electron chi connectivity index (χ1n) is 6.70. The van der Waals surface area contributed by atoms with Crippen molar-refractivity contribution < 1.29 is 19.7 Å². The van der Waals surface area contributed by atoms with E-state index in [1.54, 1.807) is 11.5 Å². The number of benzene rings is 1. The van der Waals surface area contributed by atoms with Crippen LogP contribution in [-0.4, -0.2) is 34.0 Å². The van der Waals surface area contributed by atoms with Crippen LogP contribution in [0.3, 0.4) is 0 Å². The summed E-state index contributed by atoms with van der Waals surface area (Å²) in [6.07, 6.45) is 0.525. The molecule has 5 nitrogen and oxygen atoms in total. The van der Waals surface area contributed by atoms with E-state index >= 15 is 0 Å². The normalized spacial score (nSPS) is 10.9. The number of hydrogen-bond acceptors (Lipinski definition) is 3. The molecule has 2 N–H and O–H groups in total. The van der Waals surface area contributed by atoms with Gasteiger partial charge in [0, 0.05) is 24.1 Å². The van der Waals surface area contributed by atoms with Gasteiger partial charge in [-0.25, -0.2) is 4.79 Å². The Balaban J connectivity index is 2.62. The van der Waals surface area contributed by atoms with E-state index in [9.17, 15) is 9.90 Å². The Morgan fingerprint density at radius 1 is 1.40 bits per heavy atom. The van der Waals surface area contributed by atoms with Gasteiger partial charge in [0.2, 0.25) is 0 Å². The topological polar surface area (TPSA) is 71.7 Å². The van der Waals surface area contributed by atoms with Crippen LogP contribution >= 0.6 is 0 Å². The van der Waals surface area contributed by atoms with Crippen molar-refractivity contribution in [2.24, 2.45) is 0 Å². The standard InChI is InChI=1S/C15H19NO4/c1-3-20-11-5-6-13-12(9-11)10(2)14(15(18)19)16(13)7-4-8-17/h5-6,9,17H,3-4,7-8H2,1-2H3,(H,18,19). The second-order valence-electron chi connectivity index (χ2n) is 4.62. The van der Waals surface area contributed by atoms with Crippen molar-refractivity contribution in [3.63, 3.8) is 0 Å². The first-order chi connectivity index (χ1) is 9.60. The highest BCUT2D eigenvalue weighted by Crippen LogP contribution is 2.29. The number of carboxylic acid groups (broad SMARTS) is 1. The highest BCUT2D eigenvalue weighted by atomic mass is 16.5. The molecule has 0 aliphatic rings. The Hall–Kier alpha value is -2.01. The third-order valence-corrected chi connectivity index (χ3v) is 3.34. The van der Waals surface area contributed by atoms with Crippen molar-refractivity contribution >= 4 is 16.9 Å². The minimum absolute atomic E-state index is 0.0365. The van der Waals surface area contributed by atoms with Crippen molar-refractivity contribution in [1.82, 2.24) is 4.57 Å². The summed E-state index contributed by atoms with van der Waals surface area (Å²) in [5.74, 6) is -0.214. The quantitative estimate of drug-likeness (QED) is 0.850. The lowest BCUT2D eigenvalue weighted by molar-refractivity contribution is 0.0684. The molecular formula is C15H19NO4. The molecule has 0 radical (unpaired) electrons. The zero-order chi connectivity index (χ0) is 14.7. The summed E-state index contributed by atoms with van der Waals surface area (Å²) in [6, 6.07) is 5.58. The van der Waals surface area contributed by atoms with Gasteiger partial charge in [0.1, 0.15) is 11.4 Å². The molecule has 0 unspecified atom stereocenters. The maximum atomic E-state index is 11.5. The van der Waals surface area contributed by atoms with Crippen LogP contribution in [0.2, 0.25) is 0 Å². The van der Waals surface area contributed by atoms with Crippen molar-refractivity contribution in [2.75, 3.05) is 13.2 Å². The van der Waals surface area contributed by atoms with Crippen LogP contribution in [0.4, 0.5) is 0 Å². The molecule has 0 atom stereocenters. The summed E-state index contributed by atoms with van der Waals surface area (Å²) >= 11 is 0. The summed E-state index contributed by atoms with van der Waals surface area (Å²) in [6.45, 7) is 4.80. The average molecular weight is 277 g/mol. The largest absolute Gasteiger partial charge is 0.494 e. The van der Waals surface area contributed by atoms with Crippen LogP contribution in [0.1, 0.15) is 29.4 Å². The van der Waals surface area contributed by atoms with Crippen LogP contribution in [0.5, 0.6) is 5.75 Å². The van der Waals surface area contributed by atoms with Crippen molar-refractivity contribution in [1.29, 1.82) is 0 Å². The smallest absolute Gasteiger partial charge is 0.352 e. The summed E-state index contributed by atoms with van der Waals surface area (Å²) in [7, 11) is 0. The lowest BCUT2D eigenvalue weighted by Gasteiger charge is -2.08. The zero-order valence-electron chi connectivity index (χ0n) is 11.7. The van der Waals surface area contributed by atoms with E-state index < -0.39 is 5.97 Å². The van der Waals surface area contributed by atoms with Gasteiger partial charge >= 0.3 is 5.97 Å². The second-order valence-corrected chi connectivity index (χ2v) is 4.62. The maximum Gasteiger partial charge on any atom is 0.352 e. The number of nitrogens with zero attached hydrogens (tertiary/aromatic N) is 1. The fourth-order valence-electron chi connectivity index (χ4n) is 2.49. The molecular weight excluding hydrogens is 258 g/mol. The molecule has 2 rings (SSSR count). The molecule has 5 heteroatoms. The summed E-state index contributed by atoms with van der Waals surface area (Å²) in [4.78, 5) is 11.5. The van der Waals surface area contributed by atoms with Gasteiger partial charge in [-0.3, -0.25) is 0 Å². The van der Waals surface area contributed by atoms with Crippen LogP contribution in [0, 0.1) is 6.92 Å². The Kier molecular flexibility index (Phi) is 4.29. The van der Waals surface area contributed by atoms with E-state index in [1.165, 1.54) is 0 Å². The van der Waals surface area contributed by atoms with Gasteiger partial charge in [-0.1, -0.05) is 0 Å². The van der Waals surface area contributed by atoms with Gasteiger partial charge in [-0.15, -0.1) is 0 Å². The zero-order valence-corrected chi connectivity index (χ0v) is 11.7. The molecule has 0 spiro atoms. The van der Waals surface area contributed by atoms with Gasteiger partial charge in [-0.05, 0) is 44.0 Å². The van der Waals surface area contributed by atoms with E-state index in [2.05, 4.69) is 0 Å². The molecule has 0 saturated heterocycles. The molecule has 1 aromatic heterocycles. The van der Waals surface area contributed by atoms with E-state index in [1.807, 2.05) is 25.1 Å². The number of aromatic nitrogens is 1. The molecule has 1 heterocycles. The Morgan fingerprint density at radius 3 is 2.75 bits per heavy atom. The minimum atomic E-state index is -0.949. The molecule has 20 heavy (non-hydrogen) atoms. The first-order valence-corrected chi connectivity index (χ1v) is 6.70. The van der Waals surface area contributed by atoms with Gasteiger partial charge in [0.15, 0.2) is 0 Å². The van der Waals surface area contributed by atoms with Crippen molar-refractivity contribution in [3.8, 4) is 5.75 Å². The molecule has 108 valence electrons. The lowest BCUT2D eigenvalue weighted by atomic mass is 10.1. The Labute approximate surface area is 117 Å². The van der Waals surface area contributed by atoms with E-state index in [4.69, 9.17) is 9.84 Å². The molecule has 1 aromatic carbocycles. The number of carboxylic acids is 1. The maximum absolute atomic E-state index is 11.5. The van der Waals surface area contributed by atoms with Crippen LogP contribution in [0.15, 0.2) is 18.2 Å². The summed E-state index contributed by atoms with van der Waals surface area (Å²) in [5, 5.41) is 19.3. The number of rotatable bonds is 6. The lowest BCUT2D eigenvalue weighted by Crippen LogP contribution is -2.10. The first kappa shape index (κ1) is 14.4. The van der Waals surface area contributed by atoms with Gasteiger partial charge in [-0.2, -0.15) is 0 Å². The van der Waals surface area contributed by atoms with Crippen molar-refractivity contribution in [2.45, 2.75) is 26.8 Å². The van der Waals surface area contributed by atoms with Crippen LogP contribution < -0.4 is 4.74 Å². The number of aryl methyl sites for hydroxylation is 2. The number of aliphatic hydroxyl groups is 1. The number of aromatic carboxylic acids is 1. The molecule has 0 aliphatic carbocycles. The molecule has 0 bridgehead atoms. The van der Waals surface area contributed by atoms with Gasteiger partial charge in [0.05, 0.1) is 6.61 Å². The Bertz CT molecular complexity index is 630. The third-order valence-electron chi connectivity index (χ3n) is 3.34. The summed E-state index contributed by atoms with van der Waals surface area (Å²) < 4.78 is 7.21. The highest BCUT2D eigenvalue weighted by molar-refractivity contribution is 5.98. The molecule has 0 saturated carbocycles. The molecule has 2 aromatic rings. The predicted octanol–water partition coefficient (Wildman–Crippen LogP) is 2.43. The monoisotopic (exact) mass is 277 g/mol.